The van der Waals surface area contributed by atoms with Crippen LogP contribution in [0.2, 0.25) is 0 Å². The molecule has 0 aliphatic heterocycles. The molecule has 28 heavy (non-hydrogen) atoms. The van der Waals surface area contributed by atoms with Crippen molar-refractivity contribution in [3.05, 3.63) is 48.0 Å². The van der Waals surface area contributed by atoms with E-state index in [2.05, 4.69) is 0 Å². The summed E-state index contributed by atoms with van der Waals surface area (Å²) < 4.78 is 21.3. The van der Waals surface area contributed by atoms with Gasteiger partial charge in [-0.2, -0.15) is 0 Å². The topological polar surface area (TPSA) is 57.2 Å². The number of hydrogen-bond donors (Lipinski definition) is 0. The molecule has 2 aromatic carbocycles. The number of methoxy groups -OCH3 is 3. The fourth-order valence-electron chi connectivity index (χ4n) is 2.73. The quantitative estimate of drug-likeness (QED) is 0.552. The highest BCUT2D eigenvalue weighted by atomic mass is 16.5. The minimum Gasteiger partial charge on any atom is -0.497 e. The molecule has 0 saturated carbocycles. The number of benzene rings is 2. The molecule has 0 unspecified atom stereocenters. The molecule has 0 spiro atoms. The Morgan fingerprint density at radius 1 is 0.893 bits per heavy atom. The first kappa shape index (κ1) is 21.4. The smallest absolute Gasteiger partial charge is 0.222 e. The van der Waals surface area contributed by atoms with Gasteiger partial charge in [0, 0.05) is 20.0 Å². The van der Waals surface area contributed by atoms with Crippen LogP contribution in [0.25, 0.3) is 0 Å². The maximum atomic E-state index is 12.3. The average molecular weight is 387 g/mol. The summed E-state index contributed by atoms with van der Waals surface area (Å²) in [5.74, 6) is 3.07. The molecule has 1 amide bonds. The van der Waals surface area contributed by atoms with Crippen LogP contribution in [0.1, 0.15) is 18.4 Å². The number of carbonyl (C=O) groups is 1. The van der Waals surface area contributed by atoms with Crippen LogP contribution in [0.5, 0.6) is 23.0 Å². The monoisotopic (exact) mass is 387 g/mol. The van der Waals surface area contributed by atoms with Crippen molar-refractivity contribution >= 4 is 5.91 Å². The van der Waals surface area contributed by atoms with Crippen molar-refractivity contribution in [1.82, 2.24) is 4.90 Å². The number of likely N-dealkylation sites (N-methyl/N-ethyl adjacent to an activating group) is 1. The van der Waals surface area contributed by atoms with Crippen molar-refractivity contribution in [3.8, 4) is 23.0 Å². The third-order valence-electron chi connectivity index (χ3n) is 4.47. The van der Waals surface area contributed by atoms with E-state index < -0.39 is 0 Å². The molecular formula is C22H29NO5. The third-order valence-corrected chi connectivity index (χ3v) is 4.47. The fourth-order valence-corrected chi connectivity index (χ4v) is 2.73. The van der Waals surface area contributed by atoms with Crippen molar-refractivity contribution in [2.24, 2.45) is 0 Å². The van der Waals surface area contributed by atoms with Crippen molar-refractivity contribution < 1.29 is 23.7 Å². The second-order valence-electron chi connectivity index (χ2n) is 6.38. The Balaban J connectivity index is 1.70. The summed E-state index contributed by atoms with van der Waals surface area (Å²) in [5.41, 5.74) is 1.10. The van der Waals surface area contributed by atoms with E-state index in [1.807, 2.05) is 49.5 Å². The summed E-state index contributed by atoms with van der Waals surface area (Å²) in [7, 11) is 6.68. The second-order valence-corrected chi connectivity index (χ2v) is 6.38. The minimum atomic E-state index is 0.110. The summed E-state index contributed by atoms with van der Waals surface area (Å²) in [6.07, 6.45) is 1.88. The predicted molar refractivity (Wildman–Crippen MR) is 109 cm³/mol. The lowest BCUT2D eigenvalue weighted by molar-refractivity contribution is -0.130. The number of carbonyl (C=O) groups excluding carboxylic acids is 1. The van der Waals surface area contributed by atoms with E-state index in [1.54, 1.807) is 26.2 Å². The van der Waals surface area contributed by atoms with Crippen molar-refractivity contribution in [1.29, 1.82) is 0 Å². The average Bonchev–Trinajstić information content (AvgIpc) is 2.74. The maximum Gasteiger partial charge on any atom is 0.222 e. The lowest BCUT2D eigenvalue weighted by Gasteiger charge is -2.18. The van der Waals surface area contributed by atoms with Crippen molar-refractivity contribution in [3.63, 3.8) is 0 Å². The Kier molecular flexibility index (Phi) is 8.46. The van der Waals surface area contributed by atoms with Gasteiger partial charge in [0.1, 0.15) is 11.5 Å². The van der Waals surface area contributed by atoms with Crippen LogP contribution < -0.4 is 18.9 Å². The van der Waals surface area contributed by atoms with Gasteiger partial charge in [0.25, 0.3) is 0 Å². The van der Waals surface area contributed by atoms with E-state index in [4.69, 9.17) is 18.9 Å². The van der Waals surface area contributed by atoms with Crippen LogP contribution in [0.15, 0.2) is 42.5 Å². The largest absolute Gasteiger partial charge is 0.497 e. The summed E-state index contributed by atoms with van der Waals surface area (Å²) in [5, 5.41) is 0. The van der Waals surface area contributed by atoms with E-state index in [1.165, 1.54) is 0 Å². The van der Waals surface area contributed by atoms with Gasteiger partial charge in [-0.15, -0.1) is 0 Å². The van der Waals surface area contributed by atoms with Gasteiger partial charge in [-0.05, 0) is 54.8 Å². The van der Waals surface area contributed by atoms with E-state index in [0.717, 1.165) is 23.5 Å². The van der Waals surface area contributed by atoms with Crippen LogP contribution in [0, 0.1) is 0 Å². The highest BCUT2D eigenvalue weighted by Gasteiger charge is 2.10. The Bertz CT molecular complexity index is 745. The standard InChI is InChI=1S/C22H29NO5/c1-23(14-13-17-7-12-20(26-3)21(16-17)27-4)22(24)6-5-15-28-19-10-8-18(25-2)9-11-19/h7-12,16H,5-6,13-15H2,1-4H3. The summed E-state index contributed by atoms with van der Waals surface area (Å²) in [6.45, 7) is 1.15. The van der Waals surface area contributed by atoms with Crippen LogP contribution in [0.3, 0.4) is 0 Å². The number of amides is 1. The zero-order valence-corrected chi connectivity index (χ0v) is 17.1. The predicted octanol–water partition coefficient (Wildman–Crippen LogP) is 3.57. The molecule has 6 nitrogen and oxygen atoms in total. The molecule has 0 atom stereocenters. The van der Waals surface area contributed by atoms with Crippen LogP contribution >= 0.6 is 0 Å². The molecule has 0 fully saturated rings. The van der Waals surface area contributed by atoms with Gasteiger partial charge < -0.3 is 23.8 Å². The number of hydrogen-bond acceptors (Lipinski definition) is 5. The number of rotatable bonds is 11. The Hall–Kier alpha value is -2.89. The first-order chi connectivity index (χ1) is 13.6. The van der Waals surface area contributed by atoms with Gasteiger partial charge in [-0.1, -0.05) is 6.07 Å². The molecule has 6 heteroatoms. The molecule has 0 aromatic heterocycles. The zero-order chi connectivity index (χ0) is 20.4. The summed E-state index contributed by atoms with van der Waals surface area (Å²) in [4.78, 5) is 14.0. The fraction of sp³-hybridized carbons (Fsp3) is 0.409. The number of ether oxygens (including phenoxy) is 4. The van der Waals surface area contributed by atoms with Crippen molar-refractivity contribution in [2.45, 2.75) is 19.3 Å². The lowest BCUT2D eigenvalue weighted by Crippen LogP contribution is -2.28. The Morgan fingerprint density at radius 3 is 2.21 bits per heavy atom. The molecule has 0 aliphatic rings. The van der Waals surface area contributed by atoms with Crippen LogP contribution in [-0.4, -0.2) is 52.3 Å². The zero-order valence-electron chi connectivity index (χ0n) is 17.1. The molecule has 2 rings (SSSR count). The van der Waals surface area contributed by atoms with Gasteiger partial charge in [-0.3, -0.25) is 4.79 Å². The van der Waals surface area contributed by atoms with E-state index in [0.29, 0.717) is 37.5 Å². The molecule has 0 N–H and O–H groups in total. The Morgan fingerprint density at radius 2 is 1.57 bits per heavy atom. The summed E-state index contributed by atoms with van der Waals surface area (Å²) in [6, 6.07) is 13.2. The molecule has 2 aromatic rings. The van der Waals surface area contributed by atoms with Crippen LogP contribution in [-0.2, 0) is 11.2 Å². The first-order valence-electron chi connectivity index (χ1n) is 9.29. The minimum absolute atomic E-state index is 0.110. The highest BCUT2D eigenvalue weighted by Crippen LogP contribution is 2.27. The van der Waals surface area contributed by atoms with Gasteiger partial charge in [0.15, 0.2) is 11.5 Å². The van der Waals surface area contributed by atoms with E-state index in [-0.39, 0.29) is 5.91 Å². The van der Waals surface area contributed by atoms with E-state index >= 15 is 0 Å². The molecule has 0 heterocycles. The van der Waals surface area contributed by atoms with Gasteiger partial charge in [0.05, 0.1) is 27.9 Å². The first-order valence-corrected chi connectivity index (χ1v) is 9.29. The molecule has 0 bridgehead atoms. The number of nitrogens with zero attached hydrogens (tertiary/aromatic N) is 1. The van der Waals surface area contributed by atoms with Gasteiger partial charge in [0.2, 0.25) is 5.91 Å². The van der Waals surface area contributed by atoms with Gasteiger partial charge >= 0.3 is 0 Å². The molecule has 0 radical (unpaired) electrons. The Labute approximate surface area is 167 Å². The SMILES string of the molecule is COc1ccc(OCCCC(=O)N(C)CCc2ccc(OC)c(OC)c2)cc1. The van der Waals surface area contributed by atoms with Gasteiger partial charge in [-0.25, -0.2) is 0 Å². The third kappa shape index (κ3) is 6.37. The second kappa shape index (κ2) is 11.1. The molecule has 0 aliphatic carbocycles. The lowest BCUT2D eigenvalue weighted by atomic mass is 10.1. The van der Waals surface area contributed by atoms with Crippen LogP contribution in [0.4, 0.5) is 0 Å². The van der Waals surface area contributed by atoms with E-state index in [9.17, 15) is 4.79 Å². The summed E-state index contributed by atoms with van der Waals surface area (Å²) >= 11 is 0. The molecular weight excluding hydrogens is 358 g/mol. The maximum absolute atomic E-state index is 12.3. The normalized spacial score (nSPS) is 10.3. The highest BCUT2D eigenvalue weighted by molar-refractivity contribution is 5.75. The van der Waals surface area contributed by atoms with Crippen molar-refractivity contribution in [2.75, 3.05) is 41.5 Å². The molecule has 152 valence electrons. The molecule has 0 saturated heterocycles.